The number of nitrogens with one attached hydrogen (secondary N) is 1. The second-order valence-corrected chi connectivity index (χ2v) is 7.80. The van der Waals surface area contributed by atoms with Crippen LogP contribution in [0.4, 0.5) is 23.7 Å². The van der Waals surface area contributed by atoms with Crippen molar-refractivity contribution < 1.29 is 27.2 Å². The van der Waals surface area contributed by atoms with E-state index in [2.05, 4.69) is 11.9 Å². The molecule has 0 aliphatic heterocycles. The molecule has 0 bridgehead atoms. The lowest BCUT2D eigenvalue weighted by Gasteiger charge is -2.27. The first kappa shape index (κ1) is 25.6. The Kier molecular flexibility index (Phi) is 8.72. The molecule has 6 nitrogen and oxygen atoms in total. The van der Waals surface area contributed by atoms with Crippen molar-refractivity contribution in [2.75, 3.05) is 25.0 Å². The van der Waals surface area contributed by atoms with Crippen LogP contribution in [0.5, 0.6) is 0 Å². The maximum atomic E-state index is 13.2. The molecule has 2 aromatic carbocycles. The van der Waals surface area contributed by atoms with Gasteiger partial charge in [-0.2, -0.15) is 13.2 Å². The molecule has 0 aliphatic rings. The van der Waals surface area contributed by atoms with Gasteiger partial charge in [0.2, 0.25) is 5.91 Å². The molecule has 0 unspecified atom stereocenters. The molecule has 0 fully saturated rings. The van der Waals surface area contributed by atoms with Gasteiger partial charge in [-0.15, -0.1) is 6.58 Å². The van der Waals surface area contributed by atoms with Gasteiger partial charge in [0, 0.05) is 18.8 Å². The molecular formula is C26H26F3N3O3. The zero-order valence-electron chi connectivity index (χ0n) is 19.0. The molecule has 0 saturated carbocycles. The van der Waals surface area contributed by atoms with E-state index in [1.54, 1.807) is 17.0 Å². The van der Waals surface area contributed by atoms with Crippen LogP contribution in [0.25, 0.3) is 0 Å². The summed E-state index contributed by atoms with van der Waals surface area (Å²) in [4.78, 5) is 28.8. The van der Waals surface area contributed by atoms with Gasteiger partial charge in [0.25, 0.3) is 0 Å². The number of anilines is 1. The van der Waals surface area contributed by atoms with E-state index in [-0.39, 0.29) is 31.2 Å². The molecule has 0 saturated heterocycles. The molecule has 3 amide bonds. The number of furan rings is 1. The Hall–Kier alpha value is -4.01. The van der Waals surface area contributed by atoms with E-state index in [9.17, 15) is 22.8 Å². The van der Waals surface area contributed by atoms with E-state index in [1.165, 1.54) is 17.2 Å². The standard InChI is InChI=1S/C26H26F3N3O3/c1-2-15-32(25(34)30-22-12-10-21(11-13-22)26(27,28)29)19-24(33)31(18-23-9-6-17-35-23)16-14-20-7-4-3-5-8-20/h2-13,17H,1,14-16,18-19H2,(H,30,34). The Balaban J connectivity index is 1.68. The zero-order chi connectivity index (χ0) is 25.3. The Morgan fingerprint density at radius 3 is 2.29 bits per heavy atom. The molecule has 0 aliphatic carbocycles. The number of carbonyl (C=O) groups is 2. The number of hydrogen-bond donors (Lipinski definition) is 1. The van der Waals surface area contributed by atoms with Crippen molar-refractivity contribution in [1.82, 2.24) is 9.80 Å². The summed E-state index contributed by atoms with van der Waals surface area (Å²) in [7, 11) is 0. The smallest absolute Gasteiger partial charge is 0.416 e. The summed E-state index contributed by atoms with van der Waals surface area (Å²) in [6, 6.07) is 16.7. The van der Waals surface area contributed by atoms with Crippen LogP contribution in [0.2, 0.25) is 0 Å². The zero-order valence-corrected chi connectivity index (χ0v) is 19.0. The number of carbonyl (C=O) groups excluding carboxylic acids is 2. The fourth-order valence-electron chi connectivity index (χ4n) is 3.37. The fourth-order valence-corrected chi connectivity index (χ4v) is 3.37. The normalized spacial score (nSPS) is 11.1. The van der Waals surface area contributed by atoms with Gasteiger partial charge in [0.1, 0.15) is 12.3 Å². The highest BCUT2D eigenvalue weighted by Gasteiger charge is 2.30. The molecular weight excluding hydrogens is 459 g/mol. The van der Waals surface area contributed by atoms with Crippen LogP contribution in [0.1, 0.15) is 16.9 Å². The molecule has 1 aromatic heterocycles. The summed E-state index contributed by atoms with van der Waals surface area (Å²) in [5.74, 6) is 0.303. The van der Waals surface area contributed by atoms with Crippen LogP contribution in [0.3, 0.4) is 0 Å². The predicted molar refractivity (Wildman–Crippen MR) is 127 cm³/mol. The molecule has 0 atom stereocenters. The Morgan fingerprint density at radius 2 is 1.69 bits per heavy atom. The fraction of sp³-hybridized carbons (Fsp3) is 0.231. The highest BCUT2D eigenvalue weighted by molar-refractivity contribution is 5.92. The molecule has 9 heteroatoms. The highest BCUT2D eigenvalue weighted by atomic mass is 19.4. The summed E-state index contributed by atoms with van der Waals surface area (Å²) < 4.78 is 43.7. The van der Waals surface area contributed by atoms with Gasteiger partial charge in [0.05, 0.1) is 18.4 Å². The number of hydrogen-bond acceptors (Lipinski definition) is 3. The molecule has 0 spiro atoms. The van der Waals surface area contributed by atoms with Crippen LogP contribution in [-0.2, 0) is 23.9 Å². The van der Waals surface area contributed by atoms with Crippen LogP contribution >= 0.6 is 0 Å². The summed E-state index contributed by atoms with van der Waals surface area (Å²) in [5.41, 5.74) is 0.425. The van der Waals surface area contributed by atoms with Gasteiger partial charge < -0.3 is 19.5 Å². The van der Waals surface area contributed by atoms with Crippen molar-refractivity contribution in [3.63, 3.8) is 0 Å². The summed E-state index contributed by atoms with van der Waals surface area (Å²) in [5, 5.41) is 2.54. The Labute approximate surface area is 201 Å². The van der Waals surface area contributed by atoms with Crippen molar-refractivity contribution in [3.8, 4) is 0 Å². The Morgan fingerprint density at radius 1 is 0.971 bits per heavy atom. The minimum atomic E-state index is -4.47. The number of amides is 3. The number of nitrogens with zero attached hydrogens (tertiary/aromatic N) is 2. The maximum Gasteiger partial charge on any atom is 0.416 e. The van der Waals surface area contributed by atoms with Gasteiger partial charge >= 0.3 is 12.2 Å². The van der Waals surface area contributed by atoms with Gasteiger partial charge in [0.15, 0.2) is 0 Å². The topological polar surface area (TPSA) is 65.8 Å². The minimum absolute atomic E-state index is 0.0749. The van der Waals surface area contributed by atoms with Crippen molar-refractivity contribution in [3.05, 3.63) is 103 Å². The SMILES string of the molecule is C=CCN(CC(=O)N(CCc1ccccc1)Cc1ccco1)C(=O)Nc1ccc(C(F)(F)F)cc1. The summed E-state index contributed by atoms with van der Waals surface area (Å²) in [6.45, 7) is 4.11. The number of benzene rings is 2. The highest BCUT2D eigenvalue weighted by Crippen LogP contribution is 2.29. The quantitative estimate of drug-likeness (QED) is 0.381. The lowest BCUT2D eigenvalue weighted by molar-refractivity contribution is -0.137. The van der Waals surface area contributed by atoms with Crippen molar-refractivity contribution in [2.45, 2.75) is 19.1 Å². The van der Waals surface area contributed by atoms with Crippen molar-refractivity contribution in [1.29, 1.82) is 0 Å². The van der Waals surface area contributed by atoms with Crippen LogP contribution in [-0.4, -0.2) is 41.4 Å². The number of alkyl halides is 3. The first-order valence-corrected chi connectivity index (χ1v) is 10.9. The van der Waals surface area contributed by atoms with Crippen molar-refractivity contribution >= 4 is 17.6 Å². The van der Waals surface area contributed by atoms with Gasteiger partial charge in [-0.3, -0.25) is 4.79 Å². The molecule has 35 heavy (non-hydrogen) atoms. The van der Waals surface area contributed by atoms with E-state index < -0.39 is 17.8 Å². The lowest BCUT2D eigenvalue weighted by atomic mass is 10.1. The third kappa shape index (κ3) is 7.77. The number of halogens is 3. The van der Waals surface area contributed by atoms with Crippen LogP contribution in [0, 0.1) is 0 Å². The molecule has 0 radical (unpaired) electrons. The summed E-state index contributed by atoms with van der Waals surface area (Å²) >= 11 is 0. The first-order chi connectivity index (χ1) is 16.8. The van der Waals surface area contributed by atoms with Gasteiger partial charge in [-0.25, -0.2) is 4.79 Å². The van der Waals surface area contributed by atoms with Crippen LogP contribution < -0.4 is 5.32 Å². The number of rotatable bonds is 10. The molecule has 3 rings (SSSR count). The van der Waals surface area contributed by atoms with Gasteiger partial charge in [-0.1, -0.05) is 36.4 Å². The van der Waals surface area contributed by atoms with E-state index in [0.29, 0.717) is 18.7 Å². The Bertz CT molecular complexity index is 1100. The minimum Gasteiger partial charge on any atom is -0.467 e. The third-order valence-electron chi connectivity index (χ3n) is 5.22. The van der Waals surface area contributed by atoms with E-state index in [4.69, 9.17) is 4.42 Å². The van der Waals surface area contributed by atoms with E-state index in [1.807, 2.05) is 30.3 Å². The molecule has 184 valence electrons. The average Bonchev–Trinajstić information content (AvgIpc) is 3.35. The third-order valence-corrected chi connectivity index (χ3v) is 5.22. The van der Waals surface area contributed by atoms with Crippen molar-refractivity contribution in [2.24, 2.45) is 0 Å². The largest absolute Gasteiger partial charge is 0.467 e. The molecule has 1 N–H and O–H groups in total. The maximum absolute atomic E-state index is 13.2. The monoisotopic (exact) mass is 485 g/mol. The van der Waals surface area contributed by atoms with Gasteiger partial charge in [-0.05, 0) is 48.4 Å². The van der Waals surface area contributed by atoms with E-state index in [0.717, 1.165) is 29.8 Å². The first-order valence-electron chi connectivity index (χ1n) is 10.9. The second kappa shape index (κ2) is 11.9. The predicted octanol–water partition coefficient (Wildman–Crippen LogP) is 5.59. The second-order valence-electron chi connectivity index (χ2n) is 7.80. The number of urea groups is 1. The average molecular weight is 486 g/mol. The van der Waals surface area contributed by atoms with E-state index >= 15 is 0 Å². The molecule has 1 heterocycles. The molecule has 3 aromatic rings. The van der Waals surface area contributed by atoms with Crippen LogP contribution in [0.15, 0.2) is 90.1 Å². The summed E-state index contributed by atoms with van der Waals surface area (Å²) in [6.07, 6.45) is -0.856. The lowest BCUT2D eigenvalue weighted by Crippen LogP contribution is -2.44.